The number of benzene rings is 2. The molecule has 170 valence electrons. The van der Waals surface area contributed by atoms with Crippen LogP contribution in [-0.2, 0) is 6.42 Å². The van der Waals surface area contributed by atoms with E-state index in [4.69, 9.17) is 4.74 Å². The number of aliphatic hydroxyl groups is 2. The van der Waals surface area contributed by atoms with Crippen molar-refractivity contribution >= 4 is 0 Å². The number of rotatable bonds is 10. The van der Waals surface area contributed by atoms with Crippen molar-refractivity contribution in [3.8, 4) is 11.5 Å². The van der Waals surface area contributed by atoms with Gasteiger partial charge in [-0.1, -0.05) is 42.8 Å². The third-order valence-corrected chi connectivity index (χ3v) is 6.60. The number of aryl methyl sites for hydroxylation is 1. The Bertz CT molecular complexity index is 774. The normalized spacial score (nSPS) is 22.6. The molecule has 1 aliphatic rings. The average molecular weight is 427 g/mol. The van der Waals surface area contributed by atoms with Crippen molar-refractivity contribution in [3.63, 3.8) is 0 Å². The van der Waals surface area contributed by atoms with Gasteiger partial charge in [0.1, 0.15) is 11.5 Å². The lowest BCUT2D eigenvalue weighted by Gasteiger charge is -2.27. The van der Waals surface area contributed by atoms with Crippen LogP contribution in [-0.4, -0.2) is 34.1 Å². The summed E-state index contributed by atoms with van der Waals surface area (Å²) in [6, 6.07) is 16.1. The molecule has 3 N–H and O–H groups in total. The van der Waals surface area contributed by atoms with Crippen molar-refractivity contribution in [2.45, 2.75) is 82.8 Å². The van der Waals surface area contributed by atoms with Crippen LogP contribution >= 0.6 is 0 Å². The van der Waals surface area contributed by atoms with Gasteiger partial charge in [-0.05, 0) is 87.3 Å². The lowest BCUT2D eigenvalue weighted by Crippen LogP contribution is -2.17. The molecule has 0 amide bonds. The predicted octanol–water partition coefficient (Wildman–Crippen LogP) is 5.59. The molecule has 4 atom stereocenters. The van der Waals surface area contributed by atoms with Gasteiger partial charge in [0.05, 0.1) is 12.2 Å². The van der Waals surface area contributed by atoms with Crippen molar-refractivity contribution in [2.24, 2.45) is 5.92 Å². The number of aliphatic hydroxyl groups excluding tert-OH is 2. The van der Waals surface area contributed by atoms with Crippen LogP contribution in [0.2, 0.25) is 0 Å². The minimum Gasteiger partial charge on any atom is -0.508 e. The highest BCUT2D eigenvalue weighted by atomic mass is 16.5. The molecule has 1 saturated carbocycles. The minimum absolute atomic E-state index is 0.0750. The molecule has 1 aliphatic carbocycles. The first-order valence-corrected chi connectivity index (χ1v) is 11.9. The highest BCUT2D eigenvalue weighted by Gasteiger charge is 2.30. The number of aromatic hydroxyl groups is 1. The molecule has 1 unspecified atom stereocenters. The van der Waals surface area contributed by atoms with Gasteiger partial charge in [-0.2, -0.15) is 0 Å². The number of hydrogen-bond donors (Lipinski definition) is 3. The molecule has 2 aromatic rings. The van der Waals surface area contributed by atoms with Gasteiger partial charge in [0.2, 0.25) is 0 Å². The van der Waals surface area contributed by atoms with Gasteiger partial charge >= 0.3 is 0 Å². The molecule has 0 aliphatic heterocycles. The Morgan fingerprint density at radius 2 is 1.87 bits per heavy atom. The summed E-state index contributed by atoms with van der Waals surface area (Å²) in [5, 5.41) is 30.4. The first kappa shape index (κ1) is 23.6. The van der Waals surface area contributed by atoms with Gasteiger partial charge in [0.25, 0.3) is 0 Å². The van der Waals surface area contributed by atoms with Gasteiger partial charge in [-0.15, -0.1) is 0 Å². The summed E-state index contributed by atoms with van der Waals surface area (Å²) >= 11 is 0. The molecule has 31 heavy (non-hydrogen) atoms. The van der Waals surface area contributed by atoms with E-state index < -0.39 is 0 Å². The Kier molecular flexibility index (Phi) is 9.23. The molecule has 0 aromatic heterocycles. The first-order valence-electron chi connectivity index (χ1n) is 11.9. The van der Waals surface area contributed by atoms with Crippen LogP contribution < -0.4 is 4.74 Å². The molecule has 2 aromatic carbocycles. The molecule has 0 heterocycles. The van der Waals surface area contributed by atoms with Gasteiger partial charge < -0.3 is 20.1 Å². The van der Waals surface area contributed by atoms with Crippen LogP contribution in [0.1, 0.15) is 75.3 Å². The zero-order valence-corrected chi connectivity index (χ0v) is 18.7. The van der Waals surface area contributed by atoms with Crippen LogP contribution in [0.5, 0.6) is 11.5 Å². The first-order chi connectivity index (χ1) is 15.1. The van der Waals surface area contributed by atoms with E-state index in [0.29, 0.717) is 18.1 Å². The van der Waals surface area contributed by atoms with Gasteiger partial charge in [0, 0.05) is 12.7 Å². The summed E-state index contributed by atoms with van der Waals surface area (Å²) in [5.74, 6) is 1.43. The molecular weight excluding hydrogens is 388 g/mol. The van der Waals surface area contributed by atoms with Gasteiger partial charge in [-0.25, -0.2) is 0 Å². The van der Waals surface area contributed by atoms with E-state index in [-0.39, 0.29) is 30.5 Å². The average Bonchev–Trinajstić information content (AvgIpc) is 2.94. The maximum atomic E-state index is 10.8. The molecule has 0 spiro atoms. The molecule has 1 fully saturated rings. The molecule has 0 bridgehead atoms. The van der Waals surface area contributed by atoms with Crippen molar-refractivity contribution in [3.05, 3.63) is 59.7 Å². The topological polar surface area (TPSA) is 69.9 Å². The quantitative estimate of drug-likeness (QED) is 0.433. The van der Waals surface area contributed by atoms with Crippen LogP contribution in [0.25, 0.3) is 0 Å². The van der Waals surface area contributed by atoms with E-state index in [1.807, 2.05) is 18.2 Å². The summed E-state index contributed by atoms with van der Waals surface area (Å²) in [6.07, 6.45) is 7.98. The van der Waals surface area contributed by atoms with Crippen LogP contribution in [0.3, 0.4) is 0 Å². The number of hydrogen-bond acceptors (Lipinski definition) is 4. The second kappa shape index (κ2) is 12.1. The second-order valence-corrected chi connectivity index (χ2v) is 9.08. The van der Waals surface area contributed by atoms with Crippen molar-refractivity contribution in [2.75, 3.05) is 6.61 Å². The maximum absolute atomic E-state index is 10.8. The summed E-state index contributed by atoms with van der Waals surface area (Å²) in [4.78, 5) is 0. The summed E-state index contributed by atoms with van der Waals surface area (Å²) < 4.78 is 6.07. The maximum Gasteiger partial charge on any atom is 0.123 e. The molecular formula is C27H38O4. The van der Waals surface area contributed by atoms with E-state index in [1.54, 1.807) is 6.07 Å². The molecule has 0 saturated heterocycles. The number of phenols is 1. The Morgan fingerprint density at radius 3 is 2.61 bits per heavy atom. The molecule has 4 heteroatoms. The third-order valence-electron chi connectivity index (χ3n) is 6.60. The van der Waals surface area contributed by atoms with Crippen LogP contribution in [0.15, 0.2) is 48.5 Å². The monoisotopic (exact) mass is 426 g/mol. The smallest absolute Gasteiger partial charge is 0.123 e. The van der Waals surface area contributed by atoms with E-state index in [1.165, 1.54) is 5.56 Å². The fraction of sp³-hybridized carbons (Fsp3) is 0.556. The minimum atomic E-state index is -0.330. The number of phenolic OH excluding ortho intramolecular Hbond substituents is 1. The third kappa shape index (κ3) is 7.26. The largest absolute Gasteiger partial charge is 0.508 e. The highest BCUT2D eigenvalue weighted by Crippen LogP contribution is 2.43. The highest BCUT2D eigenvalue weighted by molar-refractivity contribution is 5.42. The van der Waals surface area contributed by atoms with Gasteiger partial charge in [0.15, 0.2) is 0 Å². The second-order valence-electron chi connectivity index (χ2n) is 9.08. The fourth-order valence-corrected chi connectivity index (χ4v) is 4.94. The molecule has 0 radical (unpaired) electrons. The molecule has 4 nitrogen and oxygen atoms in total. The SMILES string of the molecule is CC(CCCc1ccccc1)Oc1ccc([C@@H]2C[C@H](O)CCC[C@H]2CCCO)c(O)c1. The van der Waals surface area contributed by atoms with Crippen molar-refractivity contribution in [1.29, 1.82) is 0 Å². The Hall–Kier alpha value is -2.04. The van der Waals surface area contributed by atoms with E-state index in [9.17, 15) is 15.3 Å². The van der Waals surface area contributed by atoms with E-state index >= 15 is 0 Å². The van der Waals surface area contributed by atoms with Crippen molar-refractivity contribution in [1.82, 2.24) is 0 Å². The zero-order valence-electron chi connectivity index (χ0n) is 18.7. The summed E-state index contributed by atoms with van der Waals surface area (Å²) in [7, 11) is 0. The summed E-state index contributed by atoms with van der Waals surface area (Å²) in [6.45, 7) is 2.26. The van der Waals surface area contributed by atoms with Gasteiger partial charge in [-0.3, -0.25) is 0 Å². The van der Waals surface area contributed by atoms with Crippen LogP contribution in [0, 0.1) is 5.92 Å². The van der Waals surface area contributed by atoms with E-state index in [2.05, 4.69) is 31.2 Å². The lowest BCUT2D eigenvalue weighted by molar-refractivity contribution is 0.147. The fourth-order valence-electron chi connectivity index (χ4n) is 4.94. The number of ether oxygens (including phenoxy) is 1. The lowest BCUT2D eigenvalue weighted by atomic mass is 9.79. The summed E-state index contributed by atoms with van der Waals surface area (Å²) in [5.41, 5.74) is 2.24. The van der Waals surface area contributed by atoms with E-state index in [0.717, 1.165) is 56.9 Å². The standard InChI is InChI=1S/C27H38O4/c1-20(8-5-11-21-9-3-2-4-10-21)31-24-15-16-25(27(30)19-24)26-18-23(29)14-6-12-22(26)13-7-17-28/h2-4,9-10,15-16,19-20,22-23,26,28-30H,5-8,11-14,17-18H2,1H3/t20?,22-,23+,26+/m0/s1. The Morgan fingerprint density at radius 1 is 1.06 bits per heavy atom. The van der Waals surface area contributed by atoms with Crippen LogP contribution in [0.4, 0.5) is 0 Å². The zero-order chi connectivity index (χ0) is 22.1. The molecule has 3 rings (SSSR count). The van der Waals surface area contributed by atoms with Crippen molar-refractivity contribution < 1.29 is 20.1 Å². The predicted molar refractivity (Wildman–Crippen MR) is 125 cm³/mol. The Balaban J connectivity index is 1.59. The Labute approximate surface area is 186 Å².